The Balaban J connectivity index is 1.71. The molecule has 2 fully saturated rings. The Kier molecular flexibility index (Phi) is 3.82. The third-order valence-electron chi connectivity index (χ3n) is 4.90. The lowest BCUT2D eigenvalue weighted by atomic mass is 9.84. The van der Waals surface area contributed by atoms with Crippen LogP contribution >= 0.6 is 11.6 Å². The second-order valence-electron chi connectivity index (χ2n) is 6.20. The van der Waals surface area contributed by atoms with E-state index in [2.05, 4.69) is 4.72 Å². The second-order valence-corrected chi connectivity index (χ2v) is 8.35. The fourth-order valence-corrected chi connectivity index (χ4v) is 5.34. The molecule has 0 radical (unpaired) electrons. The highest BCUT2D eigenvalue weighted by atomic mass is 35.5. The van der Waals surface area contributed by atoms with E-state index in [1.54, 1.807) is 24.3 Å². The zero-order valence-corrected chi connectivity index (χ0v) is 13.1. The van der Waals surface area contributed by atoms with Crippen molar-refractivity contribution < 1.29 is 8.42 Å². The summed E-state index contributed by atoms with van der Waals surface area (Å²) in [5.41, 5.74) is 0. The van der Waals surface area contributed by atoms with Crippen LogP contribution in [0.2, 0.25) is 5.02 Å². The van der Waals surface area contributed by atoms with Crippen LogP contribution in [-0.4, -0.2) is 14.5 Å². The quantitative estimate of drug-likeness (QED) is 0.925. The lowest BCUT2D eigenvalue weighted by molar-refractivity contribution is 0.280. The molecule has 5 heteroatoms. The Bertz CT molecular complexity index is 584. The molecule has 20 heavy (non-hydrogen) atoms. The summed E-state index contributed by atoms with van der Waals surface area (Å²) in [4.78, 5) is 0.289. The van der Waals surface area contributed by atoms with Crippen LogP contribution in [0.5, 0.6) is 0 Å². The first-order valence-corrected chi connectivity index (χ1v) is 9.10. The number of sulfonamides is 1. The lowest BCUT2D eigenvalue weighted by Crippen LogP contribution is -2.40. The number of fused-ring (bicyclic) bond motifs is 2. The summed E-state index contributed by atoms with van der Waals surface area (Å²) in [6, 6.07) is 6.33. The van der Waals surface area contributed by atoms with Gasteiger partial charge in [0.1, 0.15) is 0 Å². The van der Waals surface area contributed by atoms with Gasteiger partial charge in [0.2, 0.25) is 10.0 Å². The van der Waals surface area contributed by atoms with Gasteiger partial charge in [-0.3, -0.25) is 0 Å². The Labute approximate surface area is 125 Å². The van der Waals surface area contributed by atoms with Crippen LogP contribution in [0.1, 0.15) is 32.6 Å². The number of nitrogens with one attached hydrogen (secondary N) is 1. The normalized spacial score (nSPS) is 30.6. The Hall–Kier alpha value is -0.580. The van der Waals surface area contributed by atoms with Crippen molar-refractivity contribution in [2.75, 3.05) is 0 Å². The zero-order valence-electron chi connectivity index (χ0n) is 11.5. The summed E-state index contributed by atoms with van der Waals surface area (Å²) in [6.07, 6.45) is 5.06. The molecule has 0 amide bonds. The van der Waals surface area contributed by atoms with E-state index in [9.17, 15) is 8.42 Å². The van der Waals surface area contributed by atoms with Crippen molar-refractivity contribution in [3.05, 3.63) is 29.3 Å². The van der Waals surface area contributed by atoms with Crippen LogP contribution in [0.3, 0.4) is 0 Å². The fourth-order valence-electron chi connectivity index (χ4n) is 3.92. The van der Waals surface area contributed by atoms with Gasteiger partial charge in [0.05, 0.1) is 4.90 Å². The summed E-state index contributed by atoms with van der Waals surface area (Å²) in [5, 5.41) is 0.546. The number of rotatable bonds is 4. The van der Waals surface area contributed by atoms with Gasteiger partial charge >= 0.3 is 0 Å². The average molecular weight is 314 g/mol. The molecule has 0 saturated heterocycles. The van der Waals surface area contributed by atoms with Crippen LogP contribution in [-0.2, 0) is 10.0 Å². The molecule has 0 aliphatic heterocycles. The molecule has 2 bridgehead atoms. The summed E-state index contributed by atoms with van der Waals surface area (Å²) in [5.74, 6) is 2.03. The zero-order chi connectivity index (χ0) is 14.3. The molecule has 0 heterocycles. The first-order valence-electron chi connectivity index (χ1n) is 7.23. The van der Waals surface area contributed by atoms with E-state index in [-0.39, 0.29) is 10.9 Å². The van der Waals surface area contributed by atoms with Crippen molar-refractivity contribution in [2.24, 2.45) is 17.8 Å². The highest BCUT2D eigenvalue weighted by Gasteiger charge is 2.42. The van der Waals surface area contributed by atoms with Crippen molar-refractivity contribution in [2.45, 2.75) is 43.5 Å². The van der Waals surface area contributed by atoms with Crippen LogP contribution in [0.25, 0.3) is 0 Å². The number of hydrogen-bond donors (Lipinski definition) is 1. The summed E-state index contributed by atoms with van der Waals surface area (Å²) >= 11 is 5.80. The molecule has 110 valence electrons. The topological polar surface area (TPSA) is 46.2 Å². The Morgan fingerprint density at radius 3 is 2.45 bits per heavy atom. The van der Waals surface area contributed by atoms with Gasteiger partial charge in [-0.2, -0.15) is 0 Å². The third kappa shape index (κ3) is 2.74. The SMILES string of the molecule is C[C@@H](NS(=O)(=O)c1ccc(Cl)cc1)[C@H]1C[C@H]2CC[C@H]1C2. The minimum atomic E-state index is -3.44. The minimum absolute atomic E-state index is 0.00554. The maximum absolute atomic E-state index is 12.4. The van der Waals surface area contributed by atoms with Crippen molar-refractivity contribution in [1.29, 1.82) is 0 Å². The van der Waals surface area contributed by atoms with Gasteiger partial charge in [-0.1, -0.05) is 18.0 Å². The Morgan fingerprint density at radius 1 is 1.20 bits per heavy atom. The van der Waals surface area contributed by atoms with Gasteiger partial charge in [-0.15, -0.1) is 0 Å². The third-order valence-corrected chi connectivity index (χ3v) is 6.73. The molecule has 1 aromatic rings. The molecule has 0 spiro atoms. The molecule has 2 aliphatic rings. The van der Waals surface area contributed by atoms with Gasteiger partial charge in [0.15, 0.2) is 0 Å². The monoisotopic (exact) mass is 313 g/mol. The molecule has 1 N–H and O–H groups in total. The maximum Gasteiger partial charge on any atom is 0.240 e. The van der Waals surface area contributed by atoms with Crippen molar-refractivity contribution in [1.82, 2.24) is 4.72 Å². The van der Waals surface area contributed by atoms with Crippen molar-refractivity contribution >= 4 is 21.6 Å². The standard InChI is InChI=1S/C15H20ClNO2S/c1-10(15-9-11-2-3-12(15)8-11)17-20(18,19)14-6-4-13(16)5-7-14/h4-7,10-12,15,17H,2-3,8-9H2,1H3/t10-,11+,12+,15-/m1/s1. The van der Waals surface area contributed by atoms with E-state index in [1.807, 2.05) is 6.92 Å². The smallest absolute Gasteiger partial charge is 0.208 e. The molecule has 3 nitrogen and oxygen atoms in total. The van der Waals surface area contributed by atoms with Gasteiger partial charge in [0.25, 0.3) is 0 Å². The van der Waals surface area contributed by atoms with Crippen LogP contribution in [0, 0.1) is 17.8 Å². The van der Waals surface area contributed by atoms with Gasteiger partial charge in [-0.25, -0.2) is 13.1 Å². The maximum atomic E-state index is 12.4. The molecular weight excluding hydrogens is 294 g/mol. The Morgan fingerprint density at radius 2 is 1.90 bits per heavy atom. The van der Waals surface area contributed by atoms with Gasteiger partial charge < -0.3 is 0 Å². The fraction of sp³-hybridized carbons (Fsp3) is 0.600. The largest absolute Gasteiger partial charge is 0.240 e. The minimum Gasteiger partial charge on any atom is -0.208 e. The van der Waals surface area contributed by atoms with Crippen LogP contribution < -0.4 is 4.72 Å². The molecule has 1 aromatic carbocycles. The number of halogens is 1. The van der Waals surface area contributed by atoms with Crippen molar-refractivity contribution in [3.8, 4) is 0 Å². The second kappa shape index (κ2) is 5.32. The summed E-state index contributed by atoms with van der Waals surface area (Å²) < 4.78 is 27.6. The first kappa shape index (κ1) is 14.4. The molecule has 0 unspecified atom stereocenters. The van der Waals surface area contributed by atoms with E-state index >= 15 is 0 Å². The van der Waals surface area contributed by atoms with E-state index in [4.69, 9.17) is 11.6 Å². The van der Waals surface area contributed by atoms with Crippen LogP contribution in [0.4, 0.5) is 0 Å². The molecular formula is C15H20ClNO2S. The predicted octanol–water partition coefficient (Wildman–Crippen LogP) is 3.44. The summed E-state index contributed by atoms with van der Waals surface area (Å²) in [7, 11) is -3.44. The molecule has 2 aliphatic carbocycles. The highest BCUT2D eigenvalue weighted by molar-refractivity contribution is 7.89. The molecule has 4 atom stereocenters. The summed E-state index contributed by atoms with van der Waals surface area (Å²) in [6.45, 7) is 2.00. The van der Waals surface area contributed by atoms with E-state index in [0.29, 0.717) is 16.9 Å². The van der Waals surface area contributed by atoms with E-state index in [1.165, 1.54) is 25.7 Å². The van der Waals surface area contributed by atoms with Gasteiger partial charge in [0, 0.05) is 11.1 Å². The molecule has 3 rings (SSSR count). The van der Waals surface area contributed by atoms with E-state index < -0.39 is 10.0 Å². The van der Waals surface area contributed by atoms with Gasteiger partial charge in [-0.05, 0) is 68.2 Å². The lowest BCUT2D eigenvalue weighted by Gasteiger charge is -2.28. The van der Waals surface area contributed by atoms with Crippen LogP contribution in [0.15, 0.2) is 29.2 Å². The van der Waals surface area contributed by atoms with E-state index in [0.717, 1.165) is 5.92 Å². The number of benzene rings is 1. The first-order chi connectivity index (χ1) is 9.45. The number of hydrogen-bond acceptors (Lipinski definition) is 2. The average Bonchev–Trinajstić information content (AvgIpc) is 3.01. The highest BCUT2D eigenvalue weighted by Crippen LogP contribution is 2.49. The molecule has 2 saturated carbocycles. The predicted molar refractivity (Wildman–Crippen MR) is 80.2 cm³/mol. The molecule has 0 aromatic heterocycles. The van der Waals surface area contributed by atoms with Crippen molar-refractivity contribution in [3.63, 3.8) is 0 Å².